The minimum atomic E-state index is -0.686. The molecular weight excluding hydrogens is 182 g/mol. The summed E-state index contributed by atoms with van der Waals surface area (Å²) in [5.41, 5.74) is 4.66. The van der Waals surface area contributed by atoms with E-state index < -0.39 is 6.03 Å². The predicted molar refractivity (Wildman–Crippen MR) is 46.9 cm³/mol. The molecule has 0 rings (SSSR count). The van der Waals surface area contributed by atoms with Crippen LogP contribution in [0, 0.1) is 0 Å². The molecule has 7 heteroatoms. The molecule has 0 saturated heterocycles. The number of urea groups is 1. The molecule has 0 aliphatic carbocycles. The van der Waals surface area contributed by atoms with Crippen molar-refractivity contribution in [2.45, 2.75) is 13.8 Å². The quantitative estimate of drug-likeness (QED) is 0.439. The second-order valence-electron chi connectivity index (χ2n) is 1.54. The van der Waals surface area contributed by atoms with Crippen LogP contribution in [0.2, 0.25) is 0 Å². The van der Waals surface area contributed by atoms with Crippen molar-refractivity contribution in [3.8, 4) is 0 Å². The van der Waals surface area contributed by atoms with Crippen molar-refractivity contribution >= 4 is 24.1 Å². The van der Waals surface area contributed by atoms with Gasteiger partial charge in [0.05, 0.1) is 12.1 Å². The monoisotopic (exact) mass is 195 g/mol. The highest BCUT2D eigenvalue weighted by molar-refractivity contribution is 7.96. The Labute approximate surface area is 75.2 Å². The Bertz CT molecular complexity index is 128. The van der Waals surface area contributed by atoms with Crippen molar-refractivity contribution in [2.75, 3.05) is 6.61 Å². The van der Waals surface area contributed by atoms with Gasteiger partial charge in [-0.1, -0.05) is 0 Å². The zero-order valence-corrected chi connectivity index (χ0v) is 7.77. The fraction of sp³-hybridized carbons (Fsp3) is 0.600. The second kappa shape index (κ2) is 10.0. The van der Waals surface area contributed by atoms with Crippen LogP contribution in [-0.2, 0) is 4.79 Å². The number of carbonyl (C=O) groups excluding carboxylic acids is 2. The van der Waals surface area contributed by atoms with Gasteiger partial charge in [-0.15, -0.1) is 0 Å². The van der Waals surface area contributed by atoms with Gasteiger partial charge in [-0.25, -0.2) is 4.79 Å². The van der Waals surface area contributed by atoms with Crippen molar-refractivity contribution in [3.05, 3.63) is 0 Å². The largest absolute Gasteiger partial charge is 0.397 e. The molecule has 12 heavy (non-hydrogen) atoms. The predicted octanol–water partition coefficient (Wildman–Crippen LogP) is -0.647. The zero-order valence-electron chi connectivity index (χ0n) is 6.96. The van der Waals surface area contributed by atoms with E-state index >= 15 is 0 Å². The first-order valence-electron chi connectivity index (χ1n) is 3.13. The molecule has 0 heterocycles. The topological polar surface area (TPSA) is 104 Å². The van der Waals surface area contributed by atoms with Crippen molar-refractivity contribution < 1.29 is 14.7 Å². The number of aliphatic hydroxyl groups excluding tert-OH is 1. The molecule has 0 fully saturated rings. The van der Waals surface area contributed by atoms with Crippen LogP contribution in [0.5, 0.6) is 0 Å². The van der Waals surface area contributed by atoms with E-state index in [0.29, 0.717) is 0 Å². The van der Waals surface area contributed by atoms with Crippen LogP contribution in [0.1, 0.15) is 13.8 Å². The van der Waals surface area contributed by atoms with Crippen LogP contribution < -0.4 is 15.2 Å². The van der Waals surface area contributed by atoms with E-state index in [1.165, 1.54) is 6.92 Å². The summed E-state index contributed by atoms with van der Waals surface area (Å²) in [6.07, 6.45) is 0. The highest BCUT2D eigenvalue weighted by atomic mass is 32.2. The van der Waals surface area contributed by atoms with Gasteiger partial charge in [0.1, 0.15) is 0 Å². The summed E-state index contributed by atoms with van der Waals surface area (Å²) < 4.78 is 4.34. The molecule has 0 aromatic carbocycles. The van der Waals surface area contributed by atoms with Gasteiger partial charge >= 0.3 is 6.03 Å². The van der Waals surface area contributed by atoms with E-state index in [4.69, 9.17) is 5.11 Å². The van der Waals surface area contributed by atoms with Crippen LogP contribution in [0.4, 0.5) is 4.79 Å². The lowest BCUT2D eigenvalue weighted by Crippen LogP contribution is -2.27. The molecule has 72 valence electrons. The van der Waals surface area contributed by atoms with Crippen molar-refractivity contribution in [1.29, 1.82) is 0 Å². The summed E-state index contributed by atoms with van der Waals surface area (Å²) in [5, 5.41) is 7.57. The Kier molecular flexibility index (Phi) is 11.4. The van der Waals surface area contributed by atoms with Crippen LogP contribution in [-0.4, -0.2) is 23.7 Å². The fourth-order valence-corrected chi connectivity index (χ4v) is 0.443. The maximum absolute atomic E-state index is 10.1. The maximum atomic E-state index is 10.1. The number of hydrogen-bond acceptors (Lipinski definition) is 4. The number of primary amides is 1. The summed E-state index contributed by atoms with van der Waals surface area (Å²) in [4.78, 5) is 20.0. The molecule has 0 aliphatic heterocycles. The van der Waals surface area contributed by atoms with Crippen molar-refractivity contribution in [1.82, 2.24) is 9.44 Å². The van der Waals surface area contributed by atoms with Crippen molar-refractivity contribution in [3.63, 3.8) is 0 Å². The van der Waals surface area contributed by atoms with Gasteiger partial charge in [0, 0.05) is 13.5 Å². The molecule has 0 saturated carbocycles. The number of rotatable bonds is 2. The number of nitrogens with one attached hydrogen (secondary N) is 2. The smallest absolute Gasteiger partial charge is 0.323 e. The fourth-order valence-electron chi connectivity index (χ4n) is 0.148. The summed E-state index contributed by atoms with van der Waals surface area (Å²) in [5.74, 6) is -0.242. The Morgan fingerprint density at radius 1 is 1.50 bits per heavy atom. The SMILES string of the molecule is CC(=O)NSNC(N)=O.CCO. The molecule has 0 spiro atoms. The first kappa shape index (κ1) is 13.6. The van der Waals surface area contributed by atoms with E-state index in [2.05, 4.69) is 15.2 Å². The zero-order chi connectivity index (χ0) is 9.98. The van der Waals surface area contributed by atoms with Gasteiger partial charge < -0.3 is 10.8 Å². The van der Waals surface area contributed by atoms with Crippen LogP contribution in [0.15, 0.2) is 0 Å². The molecule has 3 amide bonds. The summed E-state index contributed by atoms with van der Waals surface area (Å²) in [7, 11) is 0. The Balaban J connectivity index is 0. The van der Waals surface area contributed by atoms with Crippen molar-refractivity contribution in [2.24, 2.45) is 5.73 Å². The Hall–Kier alpha value is -0.950. The van der Waals surface area contributed by atoms with Gasteiger partial charge in [-0.3, -0.25) is 14.2 Å². The first-order valence-corrected chi connectivity index (χ1v) is 3.95. The minimum absolute atomic E-state index is 0.242. The number of aliphatic hydroxyl groups is 1. The lowest BCUT2D eigenvalue weighted by atomic mass is 10.8. The average molecular weight is 195 g/mol. The first-order chi connectivity index (χ1) is 5.54. The maximum Gasteiger partial charge on any atom is 0.323 e. The van der Waals surface area contributed by atoms with Crippen LogP contribution in [0.25, 0.3) is 0 Å². The molecule has 5 N–H and O–H groups in total. The van der Waals surface area contributed by atoms with E-state index in [-0.39, 0.29) is 12.5 Å². The molecule has 0 unspecified atom stereocenters. The minimum Gasteiger partial charge on any atom is -0.397 e. The highest BCUT2D eigenvalue weighted by Gasteiger charge is 1.91. The third-order valence-corrected chi connectivity index (χ3v) is 1.04. The average Bonchev–Trinajstić information content (AvgIpc) is 1.87. The Morgan fingerprint density at radius 2 is 1.92 bits per heavy atom. The molecule has 0 aromatic rings. The molecule has 0 aromatic heterocycles. The summed E-state index contributed by atoms with van der Waals surface area (Å²) >= 11 is 0.745. The van der Waals surface area contributed by atoms with E-state index in [1.54, 1.807) is 6.92 Å². The summed E-state index contributed by atoms with van der Waals surface area (Å²) in [6.45, 7) is 3.26. The Morgan fingerprint density at radius 3 is 2.17 bits per heavy atom. The standard InChI is InChI=1S/C3H7N3O2S.C2H6O/c1-2(7)5-9-6-3(4)8;1-2-3/h1H3,(H,5,7)(H3,4,6,8);3H,2H2,1H3. The molecule has 0 atom stereocenters. The third kappa shape index (κ3) is 23.0. The number of hydrogen-bond donors (Lipinski definition) is 4. The lowest BCUT2D eigenvalue weighted by molar-refractivity contribution is -0.117. The van der Waals surface area contributed by atoms with Gasteiger partial charge in [-0.2, -0.15) is 0 Å². The summed E-state index contributed by atoms with van der Waals surface area (Å²) in [6, 6.07) is -0.686. The normalized spacial score (nSPS) is 7.58. The lowest BCUT2D eigenvalue weighted by Gasteiger charge is -1.97. The van der Waals surface area contributed by atoms with E-state index in [1.807, 2.05) is 0 Å². The van der Waals surface area contributed by atoms with E-state index in [9.17, 15) is 9.59 Å². The number of nitrogens with two attached hydrogens (primary N) is 1. The van der Waals surface area contributed by atoms with Crippen LogP contribution >= 0.6 is 12.1 Å². The third-order valence-electron chi connectivity index (χ3n) is 0.346. The van der Waals surface area contributed by atoms with E-state index in [0.717, 1.165) is 12.1 Å². The highest BCUT2D eigenvalue weighted by Crippen LogP contribution is 1.81. The van der Waals surface area contributed by atoms with Crippen LogP contribution in [0.3, 0.4) is 0 Å². The van der Waals surface area contributed by atoms with Gasteiger partial charge in [0.15, 0.2) is 0 Å². The van der Waals surface area contributed by atoms with Gasteiger partial charge in [0.25, 0.3) is 0 Å². The number of amides is 3. The molecular formula is C5H13N3O3S. The second-order valence-corrected chi connectivity index (χ2v) is 2.16. The molecule has 0 aliphatic rings. The molecule has 0 radical (unpaired) electrons. The molecule has 0 bridgehead atoms. The van der Waals surface area contributed by atoms with Gasteiger partial charge in [0.2, 0.25) is 5.91 Å². The molecule has 6 nitrogen and oxygen atoms in total. The van der Waals surface area contributed by atoms with Gasteiger partial charge in [-0.05, 0) is 6.92 Å². The number of carbonyl (C=O) groups is 2.